The summed E-state index contributed by atoms with van der Waals surface area (Å²) in [6.45, 7) is 6.01. The van der Waals surface area contributed by atoms with Crippen molar-refractivity contribution >= 4 is 35.8 Å². The lowest BCUT2D eigenvalue weighted by atomic mass is 9.99. The number of rotatable bonds is 10. The minimum Gasteiger partial charge on any atom is -0.484 e. The van der Waals surface area contributed by atoms with Gasteiger partial charge in [0.25, 0.3) is 5.91 Å². The van der Waals surface area contributed by atoms with E-state index in [0.29, 0.717) is 17.7 Å². The molecule has 3 N–H and O–H groups in total. The normalized spacial score (nSPS) is 14.2. The van der Waals surface area contributed by atoms with Crippen molar-refractivity contribution in [1.29, 1.82) is 0 Å². The average Bonchev–Trinajstić information content (AvgIpc) is 3.59. The van der Waals surface area contributed by atoms with Gasteiger partial charge in [-0.25, -0.2) is 0 Å². The van der Waals surface area contributed by atoms with Gasteiger partial charge in [-0.3, -0.25) is 9.79 Å². The van der Waals surface area contributed by atoms with E-state index in [9.17, 15) is 4.79 Å². The molecule has 0 bridgehead atoms. The van der Waals surface area contributed by atoms with Crippen LogP contribution in [0, 0.1) is 6.92 Å². The third kappa shape index (κ3) is 9.06. The van der Waals surface area contributed by atoms with Gasteiger partial charge < -0.3 is 20.7 Å². The van der Waals surface area contributed by atoms with Gasteiger partial charge in [-0.1, -0.05) is 48.9 Å². The molecule has 0 aromatic heterocycles. The van der Waals surface area contributed by atoms with Crippen molar-refractivity contribution in [2.75, 3.05) is 26.7 Å². The van der Waals surface area contributed by atoms with Gasteiger partial charge in [-0.15, -0.1) is 24.0 Å². The number of ether oxygens (including phenoxy) is 1. The van der Waals surface area contributed by atoms with E-state index in [1.165, 1.54) is 16.7 Å². The van der Waals surface area contributed by atoms with Gasteiger partial charge >= 0.3 is 0 Å². The van der Waals surface area contributed by atoms with Crippen LogP contribution in [0.1, 0.15) is 42.4 Å². The minimum atomic E-state index is -0.0497. The second-order valence-corrected chi connectivity index (χ2v) is 8.22. The van der Waals surface area contributed by atoms with Crippen LogP contribution in [0.4, 0.5) is 0 Å². The molecular formula is C25H35IN4O2. The molecule has 6 nitrogen and oxygen atoms in total. The van der Waals surface area contributed by atoms with Gasteiger partial charge in [0.05, 0.1) is 0 Å². The Kier molecular flexibility index (Phi) is 10.8. The first-order valence-electron chi connectivity index (χ1n) is 11.1. The maximum absolute atomic E-state index is 11.7. The molecule has 1 saturated carbocycles. The molecule has 1 aliphatic carbocycles. The second kappa shape index (κ2) is 13.3. The number of hydrogen-bond donors (Lipinski definition) is 3. The highest BCUT2D eigenvalue weighted by Gasteiger charge is 2.23. The molecule has 1 fully saturated rings. The van der Waals surface area contributed by atoms with Crippen LogP contribution in [-0.2, 0) is 11.2 Å². The second-order valence-electron chi connectivity index (χ2n) is 8.22. The summed E-state index contributed by atoms with van der Waals surface area (Å²) in [7, 11) is 1.79. The van der Waals surface area contributed by atoms with Gasteiger partial charge in [0.15, 0.2) is 12.6 Å². The van der Waals surface area contributed by atoms with Crippen molar-refractivity contribution in [3.63, 3.8) is 0 Å². The molecular weight excluding hydrogens is 515 g/mol. The number of hydrogen-bond acceptors (Lipinski definition) is 3. The Hall–Kier alpha value is -2.29. The number of carbonyl (C=O) groups excluding carboxylic acids is 1. The largest absolute Gasteiger partial charge is 0.484 e. The van der Waals surface area contributed by atoms with E-state index in [4.69, 9.17) is 4.74 Å². The Balaban J connectivity index is 0.00000363. The molecule has 0 heterocycles. The fraction of sp³-hybridized carbons (Fsp3) is 0.440. The van der Waals surface area contributed by atoms with E-state index in [-0.39, 0.29) is 36.5 Å². The third-order valence-corrected chi connectivity index (χ3v) is 5.35. The Labute approximate surface area is 208 Å². The standard InChI is InChI=1S/C25H34N4O2.HI/c1-18-5-4-6-21(15-18)19(2)16-28-25(26-3)27-14-13-20-7-11-23(12-8-20)31-17-24(30)29-22-9-10-22;/h4-8,11-12,15,19,22H,9-10,13-14,16-17H2,1-3H3,(H,29,30)(H2,26,27,28);1H. The molecule has 174 valence electrons. The highest BCUT2D eigenvalue weighted by Crippen LogP contribution is 2.18. The number of aliphatic imine (C=N–C) groups is 1. The van der Waals surface area contributed by atoms with Crippen LogP contribution < -0.4 is 20.7 Å². The molecule has 0 aliphatic heterocycles. The predicted molar refractivity (Wildman–Crippen MR) is 141 cm³/mol. The smallest absolute Gasteiger partial charge is 0.258 e. The first-order valence-corrected chi connectivity index (χ1v) is 11.1. The number of carbonyl (C=O) groups is 1. The summed E-state index contributed by atoms with van der Waals surface area (Å²) in [6, 6.07) is 16.9. The van der Waals surface area contributed by atoms with Crippen LogP contribution in [0.15, 0.2) is 53.5 Å². The fourth-order valence-corrected chi connectivity index (χ4v) is 3.29. The zero-order chi connectivity index (χ0) is 22.1. The van der Waals surface area contributed by atoms with Gasteiger partial charge in [-0.2, -0.15) is 0 Å². The molecule has 1 unspecified atom stereocenters. The average molecular weight is 550 g/mol. The van der Waals surface area contributed by atoms with E-state index >= 15 is 0 Å². The molecule has 32 heavy (non-hydrogen) atoms. The predicted octanol–water partition coefficient (Wildman–Crippen LogP) is 3.78. The topological polar surface area (TPSA) is 74.8 Å². The van der Waals surface area contributed by atoms with Gasteiger partial charge in [0.2, 0.25) is 0 Å². The maximum atomic E-state index is 11.7. The van der Waals surface area contributed by atoms with Crippen molar-refractivity contribution < 1.29 is 9.53 Å². The molecule has 2 aromatic carbocycles. The maximum Gasteiger partial charge on any atom is 0.258 e. The van der Waals surface area contributed by atoms with Crippen molar-refractivity contribution in [3.05, 3.63) is 65.2 Å². The number of aryl methyl sites for hydroxylation is 1. The molecule has 1 aliphatic rings. The minimum absolute atomic E-state index is 0. The molecule has 0 radical (unpaired) electrons. The first-order chi connectivity index (χ1) is 15.0. The van der Waals surface area contributed by atoms with Crippen LogP contribution >= 0.6 is 24.0 Å². The van der Waals surface area contributed by atoms with Crippen LogP contribution in [-0.4, -0.2) is 44.7 Å². The van der Waals surface area contributed by atoms with E-state index in [2.05, 4.69) is 59.1 Å². The molecule has 0 saturated heterocycles. The summed E-state index contributed by atoms with van der Waals surface area (Å²) in [5.41, 5.74) is 3.81. The molecule has 1 atom stereocenters. The Morgan fingerprint density at radius 1 is 1.16 bits per heavy atom. The Morgan fingerprint density at radius 2 is 1.91 bits per heavy atom. The highest BCUT2D eigenvalue weighted by molar-refractivity contribution is 14.0. The van der Waals surface area contributed by atoms with Crippen molar-refractivity contribution in [3.8, 4) is 5.75 Å². The van der Waals surface area contributed by atoms with Crippen molar-refractivity contribution in [2.45, 2.75) is 45.1 Å². The van der Waals surface area contributed by atoms with Gasteiger partial charge in [0, 0.05) is 26.2 Å². The first kappa shape index (κ1) is 26.0. The molecule has 7 heteroatoms. The summed E-state index contributed by atoms with van der Waals surface area (Å²) >= 11 is 0. The summed E-state index contributed by atoms with van der Waals surface area (Å²) in [4.78, 5) is 16.0. The number of benzene rings is 2. The van der Waals surface area contributed by atoms with E-state index in [1.54, 1.807) is 7.05 Å². The molecule has 2 aromatic rings. The number of nitrogens with zero attached hydrogens (tertiary/aromatic N) is 1. The summed E-state index contributed by atoms with van der Waals surface area (Å²) in [5.74, 6) is 1.87. The quantitative estimate of drug-likeness (QED) is 0.239. The molecule has 1 amide bonds. The number of nitrogens with one attached hydrogen (secondary N) is 3. The lowest BCUT2D eigenvalue weighted by Gasteiger charge is -2.17. The Bertz CT molecular complexity index is 882. The summed E-state index contributed by atoms with van der Waals surface area (Å²) in [5, 5.41) is 9.70. The third-order valence-electron chi connectivity index (χ3n) is 5.35. The molecule has 0 spiro atoms. The summed E-state index contributed by atoms with van der Waals surface area (Å²) < 4.78 is 5.55. The van der Waals surface area contributed by atoms with E-state index < -0.39 is 0 Å². The lowest BCUT2D eigenvalue weighted by molar-refractivity contribution is -0.123. The summed E-state index contributed by atoms with van der Waals surface area (Å²) in [6.07, 6.45) is 3.04. The van der Waals surface area contributed by atoms with Crippen molar-refractivity contribution in [2.24, 2.45) is 4.99 Å². The zero-order valence-corrected chi connectivity index (χ0v) is 21.5. The SMILES string of the molecule is CN=C(NCCc1ccc(OCC(=O)NC2CC2)cc1)NCC(C)c1cccc(C)c1.I. The zero-order valence-electron chi connectivity index (χ0n) is 19.2. The van der Waals surface area contributed by atoms with Gasteiger partial charge in [-0.05, 0) is 55.4 Å². The lowest BCUT2D eigenvalue weighted by Crippen LogP contribution is -2.39. The number of guanidine groups is 1. The van der Waals surface area contributed by atoms with Crippen LogP contribution in [0.5, 0.6) is 5.75 Å². The fourth-order valence-electron chi connectivity index (χ4n) is 3.29. The monoisotopic (exact) mass is 550 g/mol. The van der Waals surface area contributed by atoms with Crippen LogP contribution in [0.25, 0.3) is 0 Å². The molecule has 3 rings (SSSR count). The number of amides is 1. The van der Waals surface area contributed by atoms with Crippen LogP contribution in [0.2, 0.25) is 0 Å². The van der Waals surface area contributed by atoms with Crippen LogP contribution in [0.3, 0.4) is 0 Å². The van der Waals surface area contributed by atoms with Crippen molar-refractivity contribution in [1.82, 2.24) is 16.0 Å². The van der Waals surface area contributed by atoms with E-state index in [1.807, 2.05) is 24.3 Å². The Morgan fingerprint density at radius 3 is 2.56 bits per heavy atom. The highest BCUT2D eigenvalue weighted by atomic mass is 127. The number of halogens is 1. The van der Waals surface area contributed by atoms with Gasteiger partial charge in [0.1, 0.15) is 5.75 Å². The van der Waals surface area contributed by atoms with E-state index in [0.717, 1.165) is 38.3 Å².